The van der Waals surface area contributed by atoms with Gasteiger partial charge in [-0.15, -0.1) is 0 Å². The van der Waals surface area contributed by atoms with Gasteiger partial charge in [0.05, 0.1) is 13.3 Å². The summed E-state index contributed by atoms with van der Waals surface area (Å²) in [5.41, 5.74) is 1.95. The number of benzene rings is 2. The predicted octanol–water partition coefficient (Wildman–Crippen LogP) is 4.08. The lowest BCUT2D eigenvalue weighted by molar-refractivity contribution is 0.216. The Balaban J connectivity index is 1.89. The van der Waals surface area contributed by atoms with Crippen molar-refractivity contribution in [3.63, 3.8) is 0 Å². The zero-order chi connectivity index (χ0) is 17.4. The summed E-state index contributed by atoms with van der Waals surface area (Å²) in [7, 11) is 1.59. The van der Waals surface area contributed by atoms with Gasteiger partial charge >= 0.3 is 0 Å². The fourth-order valence-electron chi connectivity index (χ4n) is 2.20. The van der Waals surface area contributed by atoms with Crippen LogP contribution in [0.2, 0.25) is 0 Å². The highest BCUT2D eigenvalue weighted by Crippen LogP contribution is 2.24. The minimum Gasteiger partial charge on any atom is -0.497 e. The zero-order valence-corrected chi connectivity index (χ0v) is 14.2. The quantitative estimate of drug-likeness (QED) is 0.343. The zero-order valence-electron chi connectivity index (χ0n) is 14.2. The number of oxime groups is 1. The summed E-state index contributed by atoms with van der Waals surface area (Å²) >= 11 is 0. The topological polar surface area (TPSA) is 60.3 Å². The van der Waals surface area contributed by atoms with Crippen LogP contribution >= 0.6 is 0 Å². The van der Waals surface area contributed by atoms with Crippen LogP contribution < -0.4 is 14.2 Å². The van der Waals surface area contributed by atoms with Crippen LogP contribution in [0.1, 0.15) is 30.9 Å². The maximum atomic E-state index is 8.71. The van der Waals surface area contributed by atoms with Crippen molar-refractivity contribution < 1.29 is 19.4 Å². The van der Waals surface area contributed by atoms with Crippen molar-refractivity contribution in [2.75, 3.05) is 20.3 Å². The summed E-state index contributed by atoms with van der Waals surface area (Å²) in [5, 5.41) is 11.8. The van der Waals surface area contributed by atoms with Crippen molar-refractivity contribution in [1.82, 2.24) is 0 Å². The molecule has 0 fully saturated rings. The van der Waals surface area contributed by atoms with E-state index >= 15 is 0 Å². The third-order valence-electron chi connectivity index (χ3n) is 3.57. The summed E-state index contributed by atoms with van der Waals surface area (Å²) < 4.78 is 16.6. The van der Waals surface area contributed by atoms with Gasteiger partial charge in [-0.3, -0.25) is 0 Å². The summed E-state index contributed by atoms with van der Waals surface area (Å²) in [6.07, 6.45) is 1.32. The molecule has 0 spiro atoms. The molecule has 0 saturated heterocycles. The van der Waals surface area contributed by atoms with E-state index in [1.54, 1.807) is 25.3 Å². The molecule has 5 heteroatoms. The van der Waals surface area contributed by atoms with E-state index in [-0.39, 0.29) is 0 Å². The molecule has 0 aliphatic carbocycles. The lowest BCUT2D eigenvalue weighted by atomic mass is 10.0. The van der Waals surface area contributed by atoms with Gasteiger partial charge in [-0.1, -0.05) is 31.1 Å². The standard InChI is InChI=1S/C19H23NO4/c1-14(2)15-4-7-17(8-5-15)23-10-11-24-19-12-18(22-3)9-6-16(19)13-20-21/h4-9,12-14,21H,10-11H2,1-3H3/b20-13+. The predicted molar refractivity (Wildman–Crippen MR) is 93.9 cm³/mol. The maximum absolute atomic E-state index is 8.71. The lowest BCUT2D eigenvalue weighted by Gasteiger charge is -2.12. The van der Waals surface area contributed by atoms with Gasteiger partial charge in [0.15, 0.2) is 0 Å². The number of ether oxygens (including phenoxy) is 3. The molecule has 0 atom stereocenters. The molecule has 0 aromatic heterocycles. The Bertz CT molecular complexity index is 666. The van der Waals surface area contributed by atoms with Crippen molar-refractivity contribution in [2.45, 2.75) is 19.8 Å². The van der Waals surface area contributed by atoms with Crippen LogP contribution in [-0.4, -0.2) is 31.7 Å². The monoisotopic (exact) mass is 329 g/mol. The Morgan fingerprint density at radius 1 is 1.00 bits per heavy atom. The summed E-state index contributed by atoms with van der Waals surface area (Å²) in [5.74, 6) is 2.56. The van der Waals surface area contributed by atoms with Gasteiger partial charge in [0.25, 0.3) is 0 Å². The van der Waals surface area contributed by atoms with Crippen LogP contribution in [0.4, 0.5) is 0 Å². The first kappa shape index (κ1) is 17.7. The van der Waals surface area contributed by atoms with Crippen LogP contribution in [-0.2, 0) is 0 Å². The van der Waals surface area contributed by atoms with E-state index in [0.29, 0.717) is 36.2 Å². The van der Waals surface area contributed by atoms with E-state index in [4.69, 9.17) is 19.4 Å². The van der Waals surface area contributed by atoms with Crippen molar-refractivity contribution in [2.24, 2.45) is 5.16 Å². The van der Waals surface area contributed by atoms with E-state index in [1.807, 2.05) is 12.1 Å². The van der Waals surface area contributed by atoms with Crippen LogP contribution in [0.5, 0.6) is 17.2 Å². The van der Waals surface area contributed by atoms with E-state index in [2.05, 4.69) is 31.1 Å². The van der Waals surface area contributed by atoms with Crippen molar-refractivity contribution in [3.05, 3.63) is 53.6 Å². The van der Waals surface area contributed by atoms with Gasteiger partial charge in [-0.05, 0) is 35.7 Å². The molecule has 0 unspecified atom stereocenters. The molecule has 0 aliphatic rings. The second kappa shape index (κ2) is 8.82. The SMILES string of the molecule is COc1ccc(/C=N/O)c(OCCOc2ccc(C(C)C)cc2)c1. The number of hydrogen-bond acceptors (Lipinski definition) is 5. The van der Waals surface area contributed by atoms with Crippen LogP contribution in [0.3, 0.4) is 0 Å². The van der Waals surface area contributed by atoms with Crippen molar-refractivity contribution in [1.29, 1.82) is 0 Å². The Hall–Kier alpha value is -2.69. The molecule has 5 nitrogen and oxygen atoms in total. The molecule has 2 aromatic rings. The van der Waals surface area contributed by atoms with E-state index in [9.17, 15) is 0 Å². The van der Waals surface area contributed by atoms with Gasteiger partial charge in [-0.25, -0.2) is 0 Å². The summed E-state index contributed by atoms with van der Waals surface area (Å²) in [6, 6.07) is 13.3. The van der Waals surface area contributed by atoms with E-state index in [1.165, 1.54) is 11.8 Å². The van der Waals surface area contributed by atoms with Crippen LogP contribution in [0.25, 0.3) is 0 Å². The molecule has 2 aromatic carbocycles. The average Bonchev–Trinajstić information content (AvgIpc) is 2.60. The van der Waals surface area contributed by atoms with Gasteiger partial charge < -0.3 is 19.4 Å². The lowest BCUT2D eigenvalue weighted by Crippen LogP contribution is -2.10. The highest BCUT2D eigenvalue weighted by molar-refractivity contribution is 5.83. The normalized spacial score (nSPS) is 11.0. The molecule has 0 heterocycles. The molecule has 0 saturated carbocycles. The number of nitrogens with zero attached hydrogens (tertiary/aromatic N) is 1. The highest BCUT2D eigenvalue weighted by Gasteiger charge is 2.05. The molecule has 0 aliphatic heterocycles. The maximum Gasteiger partial charge on any atom is 0.132 e. The Kier molecular flexibility index (Phi) is 6.49. The Labute approximate surface area is 142 Å². The molecular weight excluding hydrogens is 306 g/mol. The first-order valence-electron chi connectivity index (χ1n) is 7.85. The van der Waals surface area contributed by atoms with Gasteiger partial charge in [-0.2, -0.15) is 0 Å². The van der Waals surface area contributed by atoms with Gasteiger partial charge in [0.1, 0.15) is 30.5 Å². The van der Waals surface area contributed by atoms with Crippen molar-refractivity contribution in [3.8, 4) is 17.2 Å². The number of hydrogen-bond donors (Lipinski definition) is 1. The Morgan fingerprint density at radius 3 is 2.29 bits per heavy atom. The molecule has 2 rings (SSSR count). The first-order chi connectivity index (χ1) is 11.6. The third-order valence-corrected chi connectivity index (χ3v) is 3.57. The molecule has 1 N–H and O–H groups in total. The molecular formula is C19H23NO4. The molecule has 0 amide bonds. The minimum absolute atomic E-state index is 0.366. The van der Waals surface area contributed by atoms with E-state index in [0.717, 1.165) is 5.75 Å². The fourth-order valence-corrected chi connectivity index (χ4v) is 2.20. The smallest absolute Gasteiger partial charge is 0.132 e. The highest BCUT2D eigenvalue weighted by atomic mass is 16.5. The largest absolute Gasteiger partial charge is 0.497 e. The fraction of sp³-hybridized carbons (Fsp3) is 0.316. The summed E-state index contributed by atoms with van der Waals surface area (Å²) in [4.78, 5) is 0. The summed E-state index contributed by atoms with van der Waals surface area (Å²) in [6.45, 7) is 5.09. The molecule has 24 heavy (non-hydrogen) atoms. The Morgan fingerprint density at radius 2 is 1.67 bits per heavy atom. The molecule has 0 bridgehead atoms. The van der Waals surface area contributed by atoms with Gasteiger partial charge in [0.2, 0.25) is 0 Å². The average molecular weight is 329 g/mol. The second-order valence-corrected chi connectivity index (χ2v) is 5.57. The molecule has 0 radical (unpaired) electrons. The second-order valence-electron chi connectivity index (χ2n) is 5.57. The third kappa shape index (κ3) is 4.91. The number of rotatable bonds is 8. The van der Waals surface area contributed by atoms with Gasteiger partial charge in [0, 0.05) is 11.6 Å². The van der Waals surface area contributed by atoms with E-state index < -0.39 is 0 Å². The van der Waals surface area contributed by atoms with Crippen molar-refractivity contribution >= 4 is 6.21 Å². The number of methoxy groups -OCH3 is 1. The molecule has 128 valence electrons. The first-order valence-corrected chi connectivity index (χ1v) is 7.85. The minimum atomic E-state index is 0.366. The van der Waals surface area contributed by atoms with Crippen LogP contribution in [0, 0.1) is 0 Å². The van der Waals surface area contributed by atoms with Crippen LogP contribution in [0.15, 0.2) is 47.6 Å².